The van der Waals surface area contributed by atoms with Gasteiger partial charge in [0.2, 0.25) is 0 Å². The minimum absolute atomic E-state index is 0. The molecule has 1 unspecified atom stereocenters. The molecule has 2 N–H and O–H groups in total. The number of aliphatic carboxylic acids is 2. The molecule has 0 aliphatic carbocycles. The molecule has 0 rings (SSSR count). The first-order chi connectivity index (χ1) is 4.54. The number of rotatable bonds is 4. The van der Waals surface area contributed by atoms with E-state index in [2.05, 4.69) is 0 Å². The normalized spacial score (nSPS) is 11.4. The van der Waals surface area contributed by atoms with Crippen LogP contribution in [0.15, 0.2) is 0 Å². The van der Waals surface area contributed by atoms with E-state index in [1.807, 2.05) is 0 Å². The first-order valence-corrected chi connectivity index (χ1v) is 2.70. The summed E-state index contributed by atoms with van der Waals surface area (Å²) in [6.07, 6.45) is -0.500. The van der Waals surface area contributed by atoms with E-state index in [0.717, 1.165) is 0 Å². The van der Waals surface area contributed by atoms with E-state index < -0.39 is 18.0 Å². The number of nitrogens with two attached hydrogens (primary N) is 1. The molecule has 0 aromatic carbocycles. The van der Waals surface area contributed by atoms with Crippen LogP contribution in [0.4, 0.5) is 0 Å². The Balaban J connectivity index is 0. The molecule has 0 heterocycles. The van der Waals surface area contributed by atoms with Crippen molar-refractivity contribution in [3.05, 3.63) is 0 Å². The van der Waals surface area contributed by atoms with Gasteiger partial charge in [0.1, 0.15) is 0 Å². The molecule has 6 heteroatoms. The quantitative estimate of drug-likeness (QED) is 0.513. The molecule has 0 saturated heterocycles. The molecule has 0 aromatic rings. The van der Waals surface area contributed by atoms with Gasteiger partial charge in [-0.25, -0.2) is 0 Å². The molecule has 65 valence electrons. The van der Waals surface area contributed by atoms with Crippen LogP contribution in [0.5, 0.6) is 0 Å². The van der Waals surface area contributed by atoms with E-state index in [4.69, 9.17) is 5.73 Å². The minimum Gasteiger partial charge on any atom is -0.550 e. The molecule has 0 bridgehead atoms. The standard InChI is InChI=1S/C5H9NO4.Co/c6-3(5(9)10)1-2-4(7)8;/h3H,1-2,6H2,(H,7,8)(H,9,10);/q;+2/p-2. The van der Waals surface area contributed by atoms with Gasteiger partial charge in [-0.2, -0.15) is 0 Å². The van der Waals surface area contributed by atoms with Crippen LogP contribution in [-0.4, -0.2) is 18.0 Å². The molecule has 0 aromatic heterocycles. The Bertz CT molecular complexity index is 149. The maximum atomic E-state index is 9.86. The zero-order valence-corrected chi connectivity index (χ0v) is 6.58. The van der Waals surface area contributed by atoms with E-state index in [1.165, 1.54) is 0 Å². The third-order valence-electron chi connectivity index (χ3n) is 0.962. The molecule has 1 atom stereocenters. The molecular weight excluding hydrogens is 197 g/mol. The second kappa shape index (κ2) is 6.14. The van der Waals surface area contributed by atoms with Crippen LogP contribution >= 0.6 is 0 Å². The molecule has 0 saturated carbocycles. The summed E-state index contributed by atoms with van der Waals surface area (Å²) in [7, 11) is 0. The van der Waals surface area contributed by atoms with Crippen LogP contribution in [0.25, 0.3) is 0 Å². The van der Waals surface area contributed by atoms with Crippen LogP contribution in [-0.2, 0) is 26.4 Å². The molecule has 0 aliphatic heterocycles. The molecule has 0 aliphatic rings. The third kappa shape index (κ3) is 7.30. The largest absolute Gasteiger partial charge is 2.00 e. The molecule has 1 radical (unpaired) electrons. The summed E-state index contributed by atoms with van der Waals surface area (Å²) in [6, 6.07) is -1.21. The van der Waals surface area contributed by atoms with E-state index in [1.54, 1.807) is 0 Å². The molecule has 0 amide bonds. The van der Waals surface area contributed by atoms with Crippen molar-refractivity contribution in [1.82, 2.24) is 0 Å². The second-order valence-corrected chi connectivity index (χ2v) is 1.84. The summed E-state index contributed by atoms with van der Waals surface area (Å²) in [5.74, 6) is -2.75. The Morgan fingerprint density at radius 2 is 1.82 bits per heavy atom. The van der Waals surface area contributed by atoms with Gasteiger partial charge in [0.05, 0.1) is 5.97 Å². The first kappa shape index (κ1) is 13.0. The van der Waals surface area contributed by atoms with E-state index in [9.17, 15) is 19.8 Å². The Hall–Kier alpha value is -0.594. The zero-order chi connectivity index (χ0) is 8.15. The van der Waals surface area contributed by atoms with Gasteiger partial charge in [0.25, 0.3) is 0 Å². The summed E-state index contributed by atoms with van der Waals surface area (Å²) in [4.78, 5) is 19.6. The van der Waals surface area contributed by atoms with Crippen molar-refractivity contribution >= 4 is 11.9 Å². The maximum absolute atomic E-state index is 9.86. The van der Waals surface area contributed by atoms with Crippen molar-refractivity contribution in [3.8, 4) is 0 Å². The monoisotopic (exact) mass is 204 g/mol. The topological polar surface area (TPSA) is 106 Å². The number of carboxylic acids is 2. The first-order valence-electron chi connectivity index (χ1n) is 2.70. The third-order valence-corrected chi connectivity index (χ3v) is 0.962. The number of hydrogen-bond donors (Lipinski definition) is 1. The fraction of sp³-hybridized carbons (Fsp3) is 0.600. The van der Waals surface area contributed by atoms with Crippen molar-refractivity contribution in [2.75, 3.05) is 0 Å². The Morgan fingerprint density at radius 3 is 2.09 bits per heavy atom. The summed E-state index contributed by atoms with van der Waals surface area (Å²) in [5.41, 5.74) is 4.91. The van der Waals surface area contributed by atoms with Crippen LogP contribution in [0.3, 0.4) is 0 Å². The van der Waals surface area contributed by atoms with Gasteiger partial charge in [0.15, 0.2) is 0 Å². The predicted octanol–water partition coefficient (Wildman–Crippen LogP) is -3.41. The Kier molecular flexibility index (Phi) is 7.27. The molecule has 0 spiro atoms. The van der Waals surface area contributed by atoms with Crippen LogP contribution in [0, 0.1) is 0 Å². The number of carbonyl (C=O) groups excluding carboxylic acids is 2. The van der Waals surface area contributed by atoms with E-state index in [-0.39, 0.29) is 29.6 Å². The summed E-state index contributed by atoms with van der Waals surface area (Å²) in [6.45, 7) is 0. The molecule has 5 nitrogen and oxygen atoms in total. The summed E-state index contributed by atoms with van der Waals surface area (Å²) < 4.78 is 0. The Morgan fingerprint density at radius 1 is 1.36 bits per heavy atom. The smallest absolute Gasteiger partial charge is 0.550 e. The minimum atomic E-state index is -1.44. The van der Waals surface area contributed by atoms with Crippen LogP contribution in [0.2, 0.25) is 0 Å². The van der Waals surface area contributed by atoms with Gasteiger partial charge in [-0.05, 0) is 12.8 Å². The van der Waals surface area contributed by atoms with Crippen molar-refractivity contribution in [3.63, 3.8) is 0 Å². The van der Waals surface area contributed by atoms with Gasteiger partial charge in [-0.15, -0.1) is 0 Å². The van der Waals surface area contributed by atoms with Crippen molar-refractivity contribution in [2.45, 2.75) is 18.9 Å². The second-order valence-electron chi connectivity index (χ2n) is 1.84. The van der Waals surface area contributed by atoms with Crippen molar-refractivity contribution in [2.24, 2.45) is 5.73 Å². The maximum Gasteiger partial charge on any atom is 2.00 e. The molecule has 11 heavy (non-hydrogen) atoms. The van der Waals surface area contributed by atoms with Crippen molar-refractivity contribution < 1.29 is 36.6 Å². The Labute approximate surface area is 73.8 Å². The van der Waals surface area contributed by atoms with E-state index >= 15 is 0 Å². The van der Waals surface area contributed by atoms with Crippen molar-refractivity contribution in [1.29, 1.82) is 0 Å². The van der Waals surface area contributed by atoms with Crippen LogP contribution in [0.1, 0.15) is 12.8 Å². The van der Waals surface area contributed by atoms with Crippen LogP contribution < -0.4 is 15.9 Å². The average Bonchev–Trinajstić information content (AvgIpc) is 1.82. The fourth-order valence-corrected chi connectivity index (χ4v) is 0.391. The zero-order valence-electron chi connectivity index (χ0n) is 5.54. The van der Waals surface area contributed by atoms with Gasteiger partial charge in [-0.1, -0.05) is 0 Å². The SMILES string of the molecule is NC(CCC(=O)[O-])C(=O)[O-].[Co+2]. The van der Waals surface area contributed by atoms with Gasteiger partial charge < -0.3 is 25.5 Å². The summed E-state index contributed by atoms with van der Waals surface area (Å²) >= 11 is 0. The average molecular weight is 204 g/mol. The fourth-order valence-electron chi connectivity index (χ4n) is 0.391. The van der Waals surface area contributed by atoms with Gasteiger partial charge in [0, 0.05) is 12.0 Å². The van der Waals surface area contributed by atoms with E-state index in [0.29, 0.717) is 0 Å². The number of carboxylic acid groups (broad SMARTS) is 2. The number of hydrogen-bond acceptors (Lipinski definition) is 5. The molecular formula is C5H7CoNO4. The van der Waals surface area contributed by atoms with Gasteiger partial charge >= 0.3 is 16.8 Å². The number of carbonyl (C=O) groups is 2. The summed E-state index contributed by atoms with van der Waals surface area (Å²) in [5, 5.41) is 19.6. The van der Waals surface area contributed by atoms with Gasteiger partial charge in [-0.3, -0.25) is 0 Å². The predicted molar refractivity (Wildman–Crippen MR) is 27.2 cm³/mol. The molecule has 0 fully saturated rings.